The van der Waals surface area contributed by atoms with E-state index in [1.165, 1.54) is 0 Å². The molecule has 0 unspecified atom stereocenters. The standard InChI is InChI=1S/C14H23N7O/c1-10-8-11-9-21(14(22)20-12(11)19-10)7-3-5-17-4-2-6-18-13(15)16/h8-9,17H,2-7H2,1H3,(H4,15,16,18)(H,19,20,22). The lowest BCUT2D eigenvalue weighted by molar-refractivity contribution is 0.556. The zero-order valence-electron chi connectivity index (χ0n) is 12.8. The fraction of sp³-hybridized carbons (Fsp3) is 0.500. The molecule has 0 radical (unpaired) electrons. The first-order chi connectivity index (χ1) is 10.6. The van der Waals surface area contributed by atoms with Gasteiger partial charge in [0.1, 0.15) is 5.65 Å². The molecular formula is C14H23N7O. The Balaban J connectivity index is 1.72. The van der Waals surface area contributed by atoms with Crippen LogP contribution >= 0.6 is 0 Å². The van der Waals surface area contributed by atoms with Crippen molar-refractivity contribution in [1.82, 2.24) is 25.2 Å². The van der Waals surface area contributed by atoms with Crippen LogP contribution in [0.3, 0.4) is 0 Å². The summed E-state index contributed by atoms with van der Waals surface area (Å²) in [4.78, 5) is 19.0. The quantitative estimate of drug-likeness (QED) is 0.264. The summed E-state index contributed by atoms with van der Waals surface area (Å²) in [5.74, 6) is 0.00209. The summed E-state index contributed by atoms with van der Waals surface area (Å²) in [5, 5.41) is 14.0. The number of hydrogen-bond donors (Lipinski definition) is 5. The summed E-state index contributed by atoms with van der Waals surface area (Å²) in [6.45, 7) is 4.96. The smallest absolute Gasteiger partial charge is 0.349 e. The lowest BCUT2D eigenvalue weighted by Gasteiger charge is -2.07. The molecule has 120 valence electrons. The molecule has 0 aliphatic heterocycles. The van der Waals surface area contributed by atoms with Crippen LogP contribution in [0.15, 0.2) is 17.1 Å². The van der Waals surface area contributed by atoms with E-state index in [0.717, 1.165) is 37.0 Å². The van der Waals surface area contributed by atoms with Gasteiger partial charge in [-0.05, 0) is 38.9 Å². The van der Waals surface area contributed by atoms with Gasteiger partial charge in [-0.25, -0.2) is 4.79 Å². The Morgan fingerprint density at radius 1 is 1.41 bits per heavy atom. The van der Waals surface area contributed by atoms with Gasteiger partial charge in [-0.15, -0.1) is 0 Å². The van der Waals surface area contributed by atoms with Gasteiger partial charge >= 0.3 is 5.69 Å². The molecule has 2 aromatic heterocycles. The molecule has 8 heteroatoms. The molecule has 0 atom stereocenters. The summed E-state index contributed by atoms with van der Waals surface area (Å²) < 4.78 is 1.65. The second kappa shape index (κ2) is 7.60. The molecule has 2 aromatic rings. The van der Waals surface area contributed by atoms with E-state index in [1.54, 1.807) is 4.57 Å². The minimum Gasteiger partial charge on any atom is -0.370 e. The van der Waals surface area contributed by atoms with Crippen LogP contribution in [0.25, 0.3) is 11.0 Å². The predicted molar refractivity (Wildman–Crippen MR) is 87.1 cm³/mol. The second-order valence-electron chi connectivity index (χ2n) is 5.27. The number of fused-ring (bicyclic) bond motifs is 1. The molecule has 8 nitrogen and oxygen atoms in total. The number of aromatic nitrogens is 3. The third-order valence-corrected chi connectivity index (χ3v) is 3.31. The molecule has 2 heterocycles. The molecule has 0 fully saturated rings. The van der Waals surface area contributed by atoms with E-state index >= 15 is 0 Å². The Labute approximate surface area is 128 Å². The van der Waals surface area contributed by atoms with Crippen molar-refractivity contribution in [2.24, 2.45) is 5.73 Å². The van der Waals surface area contributed by atoms with Crippen molar-refractivity contribution in [2.45, 2.75) is 26.3 Å². The fourth-order valence-electron chi connectivity index (χ4n) is 2.27. The number of nitrogens with zero attached hydrogens (tertiary/aromatic N) is 2. The second-order valence-corrected chi connectivity index (χ2v) is 5.27. The number of guanidine groups is 1. The Kier molecular flexibility index (Phi) is 5.54. The van der Waals surface area contributed by atoms with Gasteiger partial charge in [0.2, 0.25) is 0 Å². The van der Waals surface area contributed by atoms with Crippen molar-refractivity contribution >= 4 is 17.0 Å². The van der Waals surface area contributed by atoms with Gasteiger partial charge in [0, 0.05) is 30.4 Å². The summed E-state index contributed by atoms with van der Waals surface area (Å²) in [6, 6.07) is 1.98. The average molecular weight is 305 g/mol. The van der Waals surface area contributed by atoms with Crippen LogP contribution in [0.2, 0.25) is 0 Å². The Morgan fingerprint density at radius 2 is 2.18 bits per heavy atom. The first kappa shape index (κ1) is 16.0. The Hall–Kier alpha value is -2.35. The highest BCUT2D eigenvalue weighted by molar-refractivity contribution is 5.75. The third-order valence-electron chi connectivity index (χ3n) is 3.31. The number of aryl methyl sites for hydroxylation is 2. The Bertz CT molecular complexity index is 688. The van der Waals surface area contributed by atoms with E-state index in [4.69, 9.17) is 11.1 Å². The van der Waals surface area contributed by atoms with Crippen LogP contribution in [0.4, 0.5) is 0 Å². The van der Waals surface area contributed by atoms with Gasteiger partial charge in [-0.2, -0.15) is 4.98 Å². The predicted octanol–water partition coefficient (Wildman–Crippen LogP) is -0.114. The van der Waals surface area contributed by atoms with Crippen molar-refractivity contribution in [3.8, 4) is 0 Å². The molecule has 0 spiro atoms. The fourth-order valence-corrected chi connectivity index (χ4v) is 2.27. The normalized spacial score (nSPS) is 11.0. The van der Waals surface area contributed by atoms with E-state index in [-0.39, 0.29) is 11.6 Å². The summed E-state index contributed by atoms with van der Waals surface area (Å²) in [5.41, 5.74) is 6.61. The van der Waals surface area contributed by atoms with Crippen LogP contribution in [0.5, 0.6) is 0 Å². The Morgan fingerprint density at radius 3 is 2.95 bits per heavy atom. The van der Waals surface area contributed by atoms with Crippen molar-refractivity contribution < 1.29 is 0 Å². The monoisotopic (exact) mass is 305 g/mol. The van der Waals surface area contributed by atoms with Gasteiger partial charge in [-0.1, -0.05) is 0 Å². The number of hydrogen-bond acceptors (Lipinski definition) is 4. The maximum Gasteiger partial charge on any atom is 0.349 e. The van der Waals surface area contributed by atoms with Gasteiger partial charge in [0.15, 0.2) is 5.96 Å². The molecule has 6 N–H and O–H groups in total. The van der Waals surface area contributed by atoms with Crippen molar-refractivity contribution in [2.75, 3.05) is 19.6 Å². The molecule has 0 amide bonds. The molecule has 0 saturated heterocycles. The van der Waals surface area contributed by atoms with Crippen LogP contribution in [-0.2, 0) is 6.54 Å². The number of nitrogens with two attached hydrogens (primary N) is 1. The topological polar surface area (TPSA) is 125 Å². The SMILES string of the molecule is Cc1cc2cn(CCCNCCCNC(=N)N)c(=O)nc2[nH]1. The number of nitrogens with one attached hydrogen (secondary N) is 4. The summed E-state index contributed by atoms with van der Waals surface area (Å²) >= 11 is 0. The van der Waals surface area contributed by atoms with Crippen molar-refractivity contribution in [3.05, 3.63) is 28.4 Å². The van der Waals surface area contributed by atoms with Crippen LogP contribution in [0, 0.1) is 12.3 Å². The third kappa shape index (κ3) is 4.59. The highest BCUT2D eigenvalue weighted by Gasteiger charge is 2.03. The number of rotatable bonds is 8. The van der Waals surface area contributed by atoms with Gasteiger partial charge in [-0.3, -0.25) is 9.98 Å². The van der Waals surface area contributed by atoms with E-state index < -0.39 is 0 Å². The zero-order chi connectivity index (χ0) is 15.9. The summed E-state index contributed by atoms with van der Waals surface area (Å²) in [7, 11) is 0. The minimum absolute atomic E-state index is 0.00209. The van der Waals surface area contributed by atoms with Gasteiger partial charge < -0.3 is 21.4 Å². The first-order valence-electron chi connectivity index (χ1n) is 7.41. The highest BCUT2D eigenvalue weighted by atomic mass is 16.1. The molecule has 0 bridgehead atoms. The van der Waals surface area contributed by atoms with Crippen molar-refractivity contribution in [3.63, 3.8) is 0 Å². The molecular weight excluding hydrogens is 282 g/mol. The van der Waals surface area contributed by atoms with Crippen molar-refractivity contribution in [1.29, 1.82) is 5.41 Å². The highest BCUT2D eigenvalue weighted by Crippen LogP contribution is 2.09. The lowest BCUT2D eigenvalue weighted by Crippen LogP contribution is -2.32. The average Bonchev–Trinajstić information content (AvgIpc) is 2.80. The molecule has 0 saturated carbocycles. The first-order valence-corrected chi connectivity index (χ1v) is 7.41. The van der Waals surface area contributed by atoms with E-state index in [0.29, 0.717) is 18.7 Å². The van der Waals surface area contributed by atoms with Gasteiger partial charge in [0.05, 0.1) is 0 Å². The van der Waals surface area contributed by atoms with Gasteiger partial charge in [0.25, 0.3) is 0 Å². The molecule has 22 heavy (non-hydrogen) atoms. The maximum absolute atomic E-state index is 11.9. The molecule has 2 rings (SSSR count). The van der Waals surface area contributed by atoms with Crippen LogP contribution in [0.1, 0.15) is 18.5 Å². The molecule has 0 aromatic carbocycles. The van der Waals surface area contributed by atoms with E-state index in [1.807, 2.05) is 19.2 Å². The number of H-pyrrole nitrogens is 1. The molecule has 0 aliphatic carbocycles. The maximum atomic E-state index is 11.9. The molecule has 0 aliphatic rings. The largest absolute Gasteiger partial charge is 0.370 e. The van der Waals surface area contributed by atoms with Crippen LogP contribution < -0.4 is 22.1 Å². The van der Waals surface area contributed by atoms with E-state index in [9.17, 15) is 4.79 Å². The van der Waals surface area contributed by atoms with E-state index in [2.05, 4.69) is 20.6 Å². The lowest BCUT2D eigenvalue weighted by atomic mass is 10.3. The minimum atomic E-state index is -0.222. The zero-order valence-corrected chi connectivity index (χ0v) is 12.8. The number of aromatic amines is 1. The van der Waals surface area contributed by atoms with Crippen LogP contribution in [-0.4, -0.2) is 40.1 Å². The summed E-state index contributed by atoms with van der Waals surface area (Å²) in [6.07, 6.45) is 3.61.